The smallest absolute Gasteiger partial charge is 0.172 e. The number of aryl methyl sites for hydroxylation is 1. The third-order valence-corrected chi connectivity index (χ3v) is 5.28. The zero-order valence-corrected chi connectivity index (χ0v) is 13.4. The van der Waals surface area contributed by atoms with Crippen molar-refractivity contribution >= 4 is 27.3 Å². The average Bonchev–Trinajstić information content (AvgIpc) is 2.87. The molecule has 1 atom stereocenters. The van der Waals surface area contributed by atoms with Crippen LogP contribution >= 0.6 is 27.3 Å². The lowest BCUT2D eigenvalue weighted by Crippen LogP contribution is -2.16. The molecular formula is C14H15BrN2O2S. The molecule has 0 amide bonds. The first-order valence-electron chi connectivity index (χ1n) is 6.42. The molecule has 2 aromatic rings. The molecule has 0 spiro atoms. The van der Waals surface area contributed by atoms with Crippen LogP contribution in [0.1, 0.15) is 29.5 Å². The Morgan fingerprint density at radius 1 is 1.50 bits per heavy atom. The SMILES string of the molecule is COc1cc(-c2nc3c(s2)CCCC3N)cc(Br)c1O. The first-order chi connectivity index (χ1) is 9.60. The van der Waals surface area contributed by atoms with E-state index in [9.17, 15) is 5.11 Å². The molecule has 1 aromatic heterocycles. The van der Waals surface area contributed by atoms with Crippen molar-refractivity contribution < 1.29 is 9.84 Å². The standard InChI is InChI=1S/C14H15BrN2O2S/c1-19-10-6-7(5-8(15)13(10)18)14-17-12-9(16)3-2-4-11(12)20-14/h5-6,9,18H,2-4,16H2,1H3. The van der Waals surface area contributed by atoms with Crippen LogP contribution in [0.15, 0.2) is 16.6 Å². The van der Waals surface area contributed by atoms with E-state index in [1.807, 2.05) is 6.07 Å². The monoisotopic (exact) mass is 354 g/mol. The molecule has 0 saturated carbocycles. The minimum atomic E-state index is 0.0474. The zero-order chi connectivity index (χ0) is 14.3. The first-order valence-corrected chi connectivity index (χ1v) is 8.03. The maximum absolute atomic E-state index is 9.86. The van der Waals surface area contributed by atoms with E-state index in [0.29, 0.717) is 10.2 Å². The number of methoxy groups -OCH3 is 1. The second-order valence-corrected chi connectivity index (χ2v) is 6.77. The molecule has 106 valence electrons. The van der Waals surface area contributed by atoms with Crippen molar-refractivity contribution in [2.75, 3.05) is 7.11 Å². The molecule has 1 aromatic carbocycles. The number of nitrogens with zero attached hydrogens (tertiary/aromatic N) is 1. The fourth-order valence-electron chi connectivity index (χ4n) is 2.43. The van der Waals surface area contributed by atoms with Crippen LogP contribution in [-0.2, 0) is 6.42 Å². The van der Waals surface area contributed by atoms with E-state index in [2.05, 4.69) is 20.9 Å². The Hall–Kier alpha value is -1.11. The third kappa shape index (κ3) is 2.32. The van der Waals surface area contributed by atoms with Gasteiger partial charge in [0, 0.05) is 16.5 Å². The number of benzene rings is 1. The molecule has 0 fully saturated rings. The lowest BCUT2D eigenvalue weighted by molar-refractivity contribution is 0.372. The van der Waals surface area contributed by atoms with Crippen molar-refractivity contribution in [1.29, 1.82) is 0 Å². The van der Waals surface area contributed by atoms with Crippen molar-refractivity contribution in [2.45, 2.75) is 25.3 Å². The number of halogens is 1. The van der Waals surface area contributed by atoms with E-state index in [-0.39, 0.29) is 11.8 Å². The summed E-state index contributed by atoms with van der Waals surface area (Å²) in [5, 5.41) is 10.8. The molecule has 20 heavy (non-hydrogen) atoms. The number of thiazole rings is 1. The molecule has 3 rings (SSSR count). The van der Waals surface area contributed by atoms with Crippen LogP contribution in [0.3, 0.4) is 0 Å². The quantitative estimate of drug-likeness (QED) is 0.863. The van der Waals surface area contributed by atoms with E-state index in [4.69, 9.17) is 10.5 Å². The highest BCUT2D eigenvalue weighted by molar-refractivity contribution is 9.10. The fourth-order valence-corrected chi connectivity index (χ4v) is 4.03. The van der Waals surface area contributed by atoms with Crippen molar-refractivity contribution in [1.82, 2.24) is 4.98 Å². The summed E-state index contributed by atoms with van der Waals surface area (Å²) in [5.41, 5.74) is 8.07. The van der Waals surface area contributed by atoms with Gasteiger partial charge < -0.3 is 15.6 Å². The van der Waals surface area contributed by atoms with Gasteiger partial charge in [0.1, 0.15) is 5.01 Å². The van der Waals surface area contributed by atoms with Gasteiger partial charge in [-0.2, -0.15) is 0 Å². The molecule has 1 aliphatic carbocycles. The topological polar surface area (TPSA) is 68.4 Å². The van der Waals surface area contributed by atoms with E-state index in [1.54, 1.807) is 17.4 Å². The van der Waals surface area contributed by atoms with Crippen LogP contribution in [0.5, 0.6) is 11.5 Å². The second kappa shape index (κ2) is 5.35. The van der Waals surface area contributed by atoms with Gasteiger partial charge >= 0.3 is 0 Å². The molecule has 0 bridgehead atoms. The summed E-state index contributed by atoms with van der Waals surface area (Å²) in [6, 6.07) is 3.70. The van der Waals surface area contributed by atoms with Crippen LogP contribution in [0, 0.1) is 0 Å². The number of phenols is 1. The first kappa shape index (κ1) is 13.9. The summed E-state index contributed by atoms with van der Waals surface area (Å²) in [6.45, 7) is 0. The van der Waals surface area contributed by atoms with Gasteiger partial charge in [-0.3, -0.25) is 0 Å². The fraction of sp³-hybridized carbons (Fsp3) is 0.357. The zero-order valence-electron chi connectivity index (χ0n) is 11.0. The van der Waals surface area contributed by atoms with Crippen molar-refractivity contribution in [3.63, 3.8) is 0 Å². The van der Waals surface area contributed by atoms with Crippen molar-refractivity contribution in [3.8, 4) is 22.1 Å². The minimum absolute atomic E-state index is 0.0474. The second-order valence-electron chi connectivity index (χ2n) is 4.84. The molecule has 4 nitrogen and oxygen atoms in total. The predicted molar refractivity (Wildman–Crippen MR) is 83.3 cm³/mol. The van der Waals surface area contributed by atoms with E-state index in [1.165, 1.54) is 12.0 Å². The highest BCUT2D eigenvalue weighted by Gasteiger charge is 2.23. The highest BCUT2D eigenvalue weighted by atomic mass is 79.9. The van der Waals surface area contributed by atoms with Gasteiger partial charge in [-0.25, -0.2) is 4.98 Å². The number of aromatic hydroxyl groups is 1. The molecule has 3 N–H and O–H groups in total. The van der Waals surface area contributed by atoms with Gasteiger partial charge in [-0.15, -0.1) is 11.3 Å². The van der Waals surface area contributed by atoms with Crippen LogP contribution in [0.4, 0.5) is 0 Å². The lowest BCUT2D eigenvalue weighted by atomic mass is 9.99. The summed E-state index contributed by atoms with van der Waals surface area (Å²) in [4.78, 5) is 5.96. The summed E-state index contributed by atoms with van der Waals surface area (Å²) in [5.74, 6) is 0.543. The number of aromatic nitrogens is 1. The maximum Gasteiger partial charge on any atom is 0.172 e. The molecule has 1 unspecified atom stereocenters. The Kier molecular flexibility index (Phi) is 3.70. The van der Waals surface area contributed by atoms with Crippen LogP contribution in [0.2, 0.25) is 0 Å². The van der Waals surface area contributed by atoms with Gasteiger partial charge in [0.2, 0.25) is 0 Å². The molecule has 1 aliphatic rings. The van der Waals surface area contributed by atoms with Crippen LogP contribution in [0.25, 0.3) is 10.6 Å². The number of hydrogen-bond acceptors (Lipinski definition) is 5. The summed E-state index contributed by atoms with van der Waals surface area (Å²) in [6.07, 6.45) is 3.17. The third-order valence-electron chi connectivity index (χ3n) is 3.49. The average molecular weight is 355 g/mol. The summed E-state index contributed by atoms with van der Waals surface area (Å²) >= 11 is 5.02. The normalized spacial score (nSPS) is 17.9. The molecule has 0 saturated heterocycles. The minimum Gasteiger partial charge on any atom is -0.503 e. The molecular weight excluding hydrogens is 340 g/mol. The Balaban J connectivity index is 2.07. The van der Waals surface area contributed by atoms with Crippen LogP contribution < -0.4 is 10.5 Å². The largest absolute Gasteiger partial charge is 0.503 e. The van der Waals surface area contributed by atoms with Gasteiger partial charge in [-0.05, 0) is 47.3 Å². The molecule has 1 heterocycles. The lowest BCUT2D eigenvalue weighted by Gasteiger charge is -2.15. The molecule has 0 radical (unpaired) electrons. The van der Waals surface area contributed by atoms with E-state index < -0.39 is 0 Å². The number of phenolic OH excluding ortho intramolecular Hbond substituents is 1. The Morgan fingerprint density at radius 2 is 2.30 bits per heavy atom. The maximum atomic E-state index is 9.86. The summed E-state index contributed by atoms with van der Waals surface area (Å²) < 4.78 is 5.78. The van der Waals surface area contributed by atoms with Crippen molar-refractivity contribution in [3.05, 3.63) is 27.2 Å². The van der Waals surface area contributed by atoms with E-state index >= 15 is 0 Å². The molecule has 0 aliphatic heterocycles. The Bertz CT molecular complexity index is 657. The van der Waals surface area contributed by atoms with Gasteiger partial charge in [0.15, 0.2) is 11.5 Å². The highest BCUT2D eigenvalue weighted by Crippen LogP contribution is 2.41. The predicted octanol–water partition coefficient (Wildman–Crippen LogP) is 3.62. The van der Waals surface area contributed by atoms with Gasteiger partial charge in [-0.1, -0.05) is 0 Å². The van der Waals surface area contributed by atoms with Gasteiger partial charge in [0.05, 0.1) is 17.3 Å². The number of nitrogens with two attached hydrogens (primary N) is 1. The Labute approximate surface area is 129 Å². The summed E-state index contributed by atoms with van der Waals surface area (Å²) in [7, 11) is 1.54. The Morgan fingerprint density at radius 3 is 3.00 bits per heavy atom. The van der Waals surface area contributed by atoms with Crippen LogP contribution in [-0.4, -0.2) is 17.2 Å². The molecule has 6 heteroatoms. The van der Waals surface area contributed by atoms with Crippen molar-refractivity contribution in [2.24, 2.45) is 5.73 Å². The van der Waals surface area contributed by atoms with Gasteiger partial charge in [0.25, 0.3) is 0 Å². The van der Waals surface area contributed by atoms with E-state index in [0.717, 1.165) is 35.5 Å². The number of ether oxygens (including phenoxy) is 1. The number of rotatable bonds is 2. The number of fused-ring (bicyclic) bond motifs is 1. The number of hydrogen-bond donors (Lipinski definition) is 2.